The summed E-state index contributed by atoms with van der Waals surface area (Å²) in [6.45, 7) is 0.906. The second-order valence-electron chi connectivity index (χ2n) is 8.72. The van der Waals surface area contributed by atoms with Crippen LogP contribution in [0.15, 0.2) is 65.0 Å². The molecule has 1 N–H and O–H groups in total. The monoisotopic (exact) mass is 559 g/mol. The summed E-state index contributed by atoms with van der Waals surface area (Å²) in [7, 11) is -3.80. The summed E-state index contributed by atoms with van der Waals surface area (Å²) in [5.74, 6) is -1.24. The number of benzene rings is 2. The van der Waals surface area contributed by atoms with E-state index >= 15 is 0 Å². The fraction of sp³-hybridized carbons (Fsp3) is 0.231. The van der Waals surface area contributed by atoms with Crippen molar-refractivity contribution in [1.82, 2.24) is 15.1 Å². The van der Waals surface area contributed by atoms with Crippen molar-refractivity contribution in [3.63, 3.8) is 0 Å². The quantitative estimate of drug-likeness (QED) is 0.312. The maximum atomic E-state index is 12.5. The average Bonchev–Trinajstić information content (AvgIpc) is 3.42. The van der Waals surface area contributed by atoms with Crippen LogP contribution >= 0.6 is 34.5 Å². The summed E-state index contributed by atoms with van der Waals surface area (Å²) in [6, 6.07) is 16.0. The predicted molar refractivity (Wildman–Crippen MR) is 146 cm³/mol. The summed E-state index contributed by atoms with van der Waals surface area (Å²) in [4.78, 5) is 12.3. The van der Waals surface area contributed by atoms with Gasteiger partial charge in [0.1, 0.15) is 14.3 Å². The van der Waals surface area contributed by atoms with Crippen molar-refractivity contribution >= 4 is 66.6 Å². The zero-order chi connectivity index (χ0) is 25.3. The van der Waals surface area contributed by atoms with Crippen LogP contribution in [0.1, 0.15) is 29.7 Å². The number of sulfone groups is 1. The lowest BCUT2D eigenvalue weighted by Crippen LogP contribution is -2.30. The van der Waals surface area contributed by atoms with Gasteiger partial charge in [0.2, 0.25) is 5.91 Å². The first-order valence-corrected chi connectivity index (χ1v) is 14.7. The first-order chi connectivity index (χ1) is 17.3. The molecule has 0 radical (unpaired) electrons. The Morgan fingerprint density at radius 2 is 1.92 bits per heavy atom. The molecular formula is C26H23Cl2N3O3S2. The second kappa shape index (κ2) is 10.4. The molecule has 36 heavy (non-hydrogen) atoms. The predicted octanol–water partition coefficient (Wildman–Crippen LogP) is 5.76. The number of hydrogen-bond acceptors (Lipinski definition) is 5. The first kappa shape index (κ1) is 25.0. The number of nitrogens with one attached hydrogen (secondary N) is 1. The fourth-order valence-corrected chi connectivity index (χ4v) is 7.50. The molecular weight excluding hydrogens is 537 g/mol. The van der Waals surface area contributed by atoms with Gasteiger partial charge in [-0.1, -0.05) is 65.7 Å². The number of allylic oxidation sites excluding steroid dienone is 1. The van der Waals surface area contributed by atoms with E-state index in [9.17, 15) is 13.2 Å². The molecule has 0 atom stereocenters. The van der Waals surface area contributed by atoms with E-state index in [2.05, 4.69) is 41.8 Å². The van der Waals surface area contributed by atoms with Crippen molar-refractivity contribution in [2.45, 2.75) is 30.0 Å². The molecule has 4 aromatic rings. The lowest BCUT2D eigenvalue weighted by atomic mass is 9.93. The van der Waals surface area contributed by atoms with Gasteiger partial charge in [0.15, 0.2) is 9.84 Å². The number of thiophene rings is 1. The number of nitrogens with zero attached hydrogens (tertiary/aromatic N) is 2. The topological polar surface area (TPSA) is 81.1 Å². The number of rotatable bonds is 7. The van der Waals surface area contributed by atoms with E-state index in [1.165, 1.54) is 28.0 Å². The Labute approximate surface area is 223 Å². The van der Waals surface area contributed by atoms with Crippen LogP contribution in [0, 0.1) is 0 Å². The molecule has 186 valence electrons. The minimum atomic E-state index is -3.80. The molecule has 1 aliphatic carbocycles. The summed E-state index contributed by atoms with van der Waals surface area (Å²) < 4.78 is 27.1. The molecule has 2 heterocycles. The van der Waals surface area contributed by atoms with Gasteiger partial charge < -0.3 is 5.32 Å². The van der Waals surface area contributed by atoms with Gasteiger partial charge in [-0.3, -0.25) is 9.48 Å². The van der Waals surface area contributed by atoms with Crippen molar-refractivity contribution < 1.29 is 13.2 Å². The Hall–Kier alpha value is -2.65. The smallest absolute Gasteiger partial charge is 0.235 e. The van der Waals surface area contributed by atoms with E-state index in [0.29, 0.717) is 6.54 Å². The summed E-state index contributed by atoms with van der Waals surface area (Å²) in [6.07, 6.45) is 6.85. The molecule has 0 bridgehead atoms. The Morgan fingerprint density at radius 1 is 1.11 bits per heavy atom. The highest BCUT2D eigenvalue weighted by Crippen LogP contribution is 2.34. The molecule has 0 saturated carbocycles. The van der Waals surface area contributed by atoms with Gasteiger partial charge >= 0.3 is 0 Å². The SMILES string of the molecule is O=C(CS(=O)(=O)c1cc(Cl)c(Cl)s1)NC/C=C1\CCCc2cn(Cc3ccc4ccccc4c3)nc21. The summed E-state index contributed by atoms with van der Waals surface area (Å²) in [5.41, 5.74) is 4.38. The van der Waals surface area contributed by atoms with E-state index in [1.54, 1.807) is 0 Å². The zero-order valence-corrected chi connectivity index (χ0v) is 22.4. The molecule has 2 aromatic carbocycles. The highest BCUT2D eigenvalue weighted by atomic mass is 35.5. The van der Waals surface area contributed by atoms with Crippen LogP contribution in [-0.4, -0.2) is 36.4 Å². The van der Waals surface area contributed by atoms with Gasteiger partial charge in [0, 0.05) is 12.7 Å². The third-order valence-electron chi connectivity index (χ3n) is 6.09. The molecule has 0 unspecified atom stereocenters. The first-order valence-electron chi connectivity index (χ1n) is 11.5. The van der Waals surface area contributed by atoms with Crippen molar-refractivity contribution in [2.24, 2.45) is 0 Å². The molecule has 10 heteroatoms. The van der Waals surface area contributed by atoms with Crippen LogP contribution in [0.3, 0.4) is 0 Å². The maximum absolute atomic E-state index is 12.5. The number of amides is 1. The number of carbonyl (C=O) groups is 1. The second-order valence-corrected chi connectivity index (χ2v) is 13.0. The number of aromatic nitrogens is 2. The Kier molecular flexibility index (Phi) is 7.21. The molecule has 1 aliphatic rings. The van der Waals surface area contributed by atoms with Crippen molar-refractivity contribution in [2.75, 3.05) is 12.3 Å². The Bertz CT molecular complexity index is 1570. The number of fused-ring (bicyclic) bond motifs is 2. The van der Waals surface area contributed by atoms with Crippen LogP contribution < -0.4 is 5.32 Å². The van der Waals surface area contributed by atoms with Gasteiger partial charge in [-0.15, -0.1) is 11.3 Å². The van der Waals surface area contributed by atoms with Gasteiger partial charge in [-0.25, -0.2) is 8.42 Å². The van der Waals surface area contributed by atoms with E-state index in [4.69, 9.17) is 28.3 Å². The standard InChI is InChI=1S/C26H23Cl2N3O3S2/c27-22-13-24(35-26(22)28)36(33,34)16-23(32)29-11-10-19-6-3-7-21-15-31(30-25(19)21)14-17-8-9-18-4-1-2-5-20(18)12-17/h1-2,4-5,8-10,12-13,15H,3,6-7,11,14,16H2,(H,29,32)/b19-10+. The molecule has 0 saturated heterocycles. The Morgan fingerprint density at radius 3 is 2.69 bits per heavy atom. The van der Waals surface area contributed by atoms with Crippen LogP contribution in [-0.2, 0) is 27.6 Å². The zero-order valence-electron chi connectivity index (χ0n) is 19.2. The van der Waals surface area contributed by atoms with Crippen LogP contribution in [0.5, 0.6) is 0 Å². The Balaban J connectivity index is 1.24. The number of hydrogen-bond donors (Lipinski definition) is 1. The van der Waals surface area contributed by atoms with Crippen molar-refractivity contribution in [3.8, 4) is 0 Å². The van der Waals surface area contributed by atoms with E-state index in [-0.39, 0.29) is 20.1 Å². The maximum Gasteiger partial charge on any atom is 0.235 e. The molecule has 0 aliphatic heterocycles. The normalized spacial score (nSPS) is 14.8. The van der Waals surface area contributed by atoms with Crippen molar-refractivity contribution in [1.29, 1.82) is 0 Å². The fourth-order valence-electron chi connectivity index (χ4n) is 4.37. The molecule has 1 amide bonds. The van der Waals surface area contributed by atoms with E-state index in [1.807, 2.05) is 22.9 Å². The summed E-state index contributed by atoms with van der Waals surface area (Å²) in [5, 5.41) is 10.1. The molecule has 0 spiro atoms. The third kappa shape index (κ3) is 5.52. The van der Waals surface area contributed by atoms with Gasteiger partial charge in [-0.2, -0.15) is 5.10 Å². The lowest BCUT2D eigenvalue weighted by molar-refractivity contribution is -0.118. The molecule has 2 aromatic heterocycles. The number of carbonyl (C=O) groups excluding carboxylic acids is 1. The van der Waals surface area contributed by atoms with Gasteiger partial charge in [0.05, 0.1) is 17.3 Å². The third-order valence-corrected chi connectivity index (χ3v) is 10.1. The number of halogens is 2. The van der Waals surface area contributed by atoms with Gasteiger partial charge in [0.25, 0.3) is 0 Å². The molecule has 6 nitrogen and oxygen atoms in total. The summed E-state index contributed by atoms with van der Waals surface area (Å²) >= 11 is 12.6. The molecule has 5 rings (SSSR count). The highest BCUT2D eigenvalue weighted by Gasteiger charge is 2.23. The lowest BCUT2D eigenvalue weighted by Gasteiger charge is -2.13. The van der Waals surface area contributed by atoms with E-state index < -0.39 is 21.5 Å². The van der Waals surface area contributed by atoms with Crippen LogP contribution in [0.4, 0.5) is 0 Å². The number of aryl methyl sites for hydroxylation is 1. The van der Waals surface area contributed by atoms with E-state index in [0.717, 1.165) is 41.9 Å². The average molecular weight is 561 g/mol. The van der Waals surface area contributed by atoms with Crippen LogP contribution in [0.25, 0.3) is 16.3 Å². The van der Waals surface area contributed by atoms with Crippen LogP contribution in [0.2, 0.25) is 9.36 Å². The largest absolute Gasteiger partial charge is 0.352 e. The van der Waals surface area contributed by atoms with Crippen molar-refractivity contribution in [3.05, 3.63) is 87.0 Å². The molecule has 0 fully saturated rings. The van der Waals surface area contributed by atoms with Gasteiger partial charge in [-0.05, 0) is 58.9 Å². The minimum Gasteiger partial charge on any atom is -0.352 e. The highest BCUT2D eigenvalue weighted by molar-refractivity contribution is 7.94. The minimum absolute atomic E-state index is 0.0140.